The van der Waals surface area contributed by atoms with Crippen LogP contribution in [0.25, 0.3) is 11.1 Å². The molecule has 0 saturated carbocycles. The fourth-order valence-corrected chi connectivity index (χ4v) is 4.66. The zero-order valence-corrected chi connectivity index (χ0v) is 26.2. The molecule has 1 aliphatic carbocycles. The Morgan fingerprint density at radius 3 is 1.80 bits per heavy atom. The quantitative estimate of drug-likeness (QED) is 0.202. The minimum atomic E-state index is -1.08. The van der Waals surface area contributed by atoms with Crippen molar-refractivity contribution in [2.24, 2.45) is 5.41 Å². The lowest BCUT2D eigenvalue weighted by Gasteiger charge is -2.23. The minimum absolute atomic E-state index is 0. The Hall–Kier alpha value is -2.70. The Kier molecular flexibility index (Phi) is 20.5. The summed E-state index contributed by atoms with van der Waals surface area (Å²) < 4.78 is 2.31. The molecule has 1 aliphatic rings. The van der Waals surface area contributed by atoms with Gasteiger partial charge in [0.15, 0.2) is 12.4 Å². The molecule has 2 heterocycles. The number of aryl methyl sites for hydroxylation is 1. The number of halogens is 2. The van der Waals surface area contributed by atoms with E-state index in [9.17, 15) is 9.59 Å². The van der Waals surface area contributed by atoms with Gasteiger partial charge in [-0.15, -0.1) is 12.4 Å². The van der Waals surface area contributed by atoms with Gasteiger partial charge < -0.3 is 22.6 Å². The molecule has 0 fully saturated rings. The second-order valence-electron chi connectivity index (χ2n) is 10.7. The van der Waals surface area contributed by atoms with Crippen LogP contribution in [0.3, 0.4) is 0 Å². The van der Waals surface area contributed by atoms with Crippen molar-refractivity contribution < 1.29 is 36.8 Å². The molecule has 0 aliphatic heterocycles. The molecule has 228 valence electrons. The Balaban J connectivity index is 0.000000906. The molecule has 0 bridgehead atoms. The van der Waals surface area contributed by atoms with Gasteiger partial charge in [-0.1, -0.05) is 89.4 Å². The Labute approximate surface area is 258 Å². The summed E-state index contributed by atoms with van der Waals surface area (Å²) in [5.74, 6) is -2.06. The van der Waals surface area contributed by atoms with E-state index in [-0.39, 0.29) is 36.8 Å². The summed E-state index contributed by atoms with van der Waals surface area (Å²) in [4.78, 5) is 25.4. The molecule has 2 aromatic heterocycles. The summed E-state index contributed by atoms with van der Waals surface area (Å²) in [6.45, 7) is 4.92. The zero-order valence-electron chi connectivity index (χ0n) is 24.6. The van der Waals surface area contributed by atoms with Crippen molar-refractivity contribution in [1.29, 1.82) is 0 Å². The number of pyridine rings is 2. The molecule has 1 atom stereocenters. The number of carboxylic acid groups (broad SMARTS) is 2. The number of carbonyl (C=O) groups is 2. The summed E-state index contributed by atoms with van der Waals surface area (Å²) >= 11 is 0. The van der Waals surface area contributed by atoms with E-state index in [1.165, 1.54) is 113 Å². The average Bonchev–Trinajstić information content (AvgIpc) is 2.95. The first-order valence-corrected chi connectivity index (χ1v) is 14.6. The van der Waals surface area contributed by atoms with Gasteiger partial charge in [-0.3, -0.25) is 9.78 Å². The second kappa shape index (κ2) is 22.0. The number of aromatic nitrogens is 2. The van der Waals surface area contributed by atoms with Crippen LogP contribution < -0.4 is 17.0 Å². The third-order valence-corrected chi connectivity index (χ3v) is 7.26. The third-order valence-electron chi connectivity index (χ3n) is 7.26. The molecular weight excluding hydrogens is 559 g/mol. The van der Waals surface area contributed by atoms with Crippen LogP contribution >= 0.6 is 12.4 Å². The maximum absolute atomic E-state index is 10.8. The third kappa shape index (κ3) is 15.2. The van der Waals surface area contributed by atoms with E-state index < -0.39 is 17.4 Å². The Morgan fingerprint density at radius 1 is 0.829 bits per heavy atom. The molecule has 0 aromatic carbocycles. The second-order valence-corrected chi connectivity index (χ2v) is 10.7. The Bertz CT molecular complexity index is 1060. The summed E-state index contributed by atoms with van der Waals surface area (Å²) in [5, 5.41) is 17.5. The highest BCUT2D eigenvalue weighted by atomic mass is 35.5. The van der Waals surface area contributed by atoms with Crippen LogP contribution in [0.1, 0.15) is 97.3 Å². The van der Waals surface area contributed by atoms with Crippen molar-refractivity contribution in [3.8, 4) is 11.1 Å². The highest BCUT2D eigenvalue weighted by molar-refractivity contribution is 5.90. The molecule has 1 unspecified atom stereocenters. The molecule has 0 spiro atoms. The van der Waals surface area contributed by atoms with E-state index >= 15 is 0 Å². The molecule has 6 nitrogen and oxygen atoms in total. The first-order chi connectivity index (χ1) is 18.9. The number of rotatable bonds is 16. The first kappa shape index (κ1) is 38.3. The number of nitrogens with zero attached hydrogens (tertiary/aromatic N) is 2. The van der Waals surface area contributed by atoms with Gasteiger partial charge in [-0.05, 0) is 43.0 Å². The van der Waals surface area contributed by atoms with Crippen molar-refractivity contribution in [3.63, 3.8) is 0 Å². The summed E-state index contributed by atoms with van der Waals surface area (Å²) in [6.07, 6.45) is 29.4. The van der Waals surface area contributed by atoms with Gasteiger partial charge in [-0.2, -0.15) is 0 Å². The SMILES string of the molecule is CC1(C(=O)O)C=CC=C(C(=O)O)C1.CCCCCCCCCCCCCC[n+]1ccc(-c2ccncc2)cc1.Cl.[Cl-]. The van der Waals surface area contributed by atoms with E-state index in [1.54, 1.807) is 0 Å². The predicted molar refractivity (Wildman–Crippen MR) is 163 cm³/mol. The van der Waals surface area contributed by atoms with Crippen molar-refractivity contribution in [2.45, 2.75) is 104 Å². The Morgan fingerprint density at radius 2 is 1.32 bits per heavy atom. The van der Waals surface area contributed by atoms with Crippen LogP contribution in [0.4, 0.5) is 0 Å². The lowest BCUT2D eigenvalue weighted by atomic mass is 9.80. The maximum atomic E-state index is 10.8. The smallest absolute Gasteiger partial charge is 0.331 e. The minimum Gasteiger partial charge on any atom is -1.00 e. The van der Waals surface area contributed by atoms with E-state index in [0.717, 1.165) is 6.54 Å². The zero-order chi connectivity index (χ0) is 28.3. The normalized spacial score (nSPS) is 15.4. The van der Waals surface area contributed by atoms with Gasteiger partial charge in [0, 0.05) is 36.5 Å². The van der Waals surface area contributed by atoms with Crippen molar-refractivity contribution in [2.75, 3.05) is 0 Å². The average molecular weight is 608 g/mol. The van der Waals surface area contributed by atoms with E-state index in [1.807, 2.05) is 12.4 Å². The van der Waals surface area contributed by atoms with Crippen molar-refractivity contribution in [1.82, 2.24) is 4.98 Å². The molecule has 2 N–H and O–H groups in total. The number of aliphatic carboxylic acids is 2. The number of carboxylic acids is 2. The van der Waals surface area contributed by atoms with E-state index in [2.05, 4.69) is 53.1 Å². The topological polar surface area (TPSA) is 91.4 Å². The molecular formula is C33H48Cl2N2O4. The molecule has 0 radical (unpaired) electrons. The molecule has 2 aromatic rings. The molecule has 41 heavy (non-hydrogen) atoms. The number of hydrogen-bond donors (Lipinski definition) is 2. The summed E-state index contributed by atoms with van der Waals surface area (Å²) in [7, 11) is 0. The van der Waals surface area contributed by atoms with E-state index in [4.69, 9.17) is 10.2 Å². The number of allylic oxidation sites excluding steroid dienone is 2. The lowest BCUT2D eigenvalue weighted by Crippen LogP contribution is -3.00. The monoisotopic (exact) mass is 606 g/mol. The van der Waals surface area contributed by atoms with Crippen molar-refractivity contribution in [3.05, 3.63) is 72.9 Å². The number of unbranched alkanes of at least 4 members (excludes halogenated alkanes) is 11. The molecule has 0 saturated heterocycles. The standard InChI is InChI=1S/C24H37N2.C9H10O4.2ClH/c1-2-3-4-5-6-7-8-9-10-11-12-13-20-26-21-16-24(17-22-26)23-14-18-25-19-15-23;1-9(8(12)13)4-2-3-6(5-9)7(10)11;;/h14-19,21-22H,2-13,20H2,1H3;2-4H,5H2,1H3,(H,10,11)(H,12,13);2*1H/q+1;;;/p-1. The molecule has 8 heteroatoms. The molecule has 3 rings (SSSR count). The predicted octanol–water partition coefficient (Wildman–Crippen LogP) is 5.21. The van der Waals surface area contributed by atoms with Crippen LogP contribution in [0.15, 0.2) is 72.9 Å². The first-order valence-electron chi connectivity index (χ1n) is 14.6. The highest BCUT2D eigenvalue weighted by Crippen LogP contribution is 2.31. The maximum Gasteiger partial charge on any atom is 0.331 e. The lowest BCUT2D eigenvalue weighted by molar-refractivity contribution is -0.697. The largest absolute Gasteiger partial charge is 1.00 e. The fourth-order valence-electron chi connectivity index (χ4n) is 4.66. The summed E-state index contributed by atoms with van der Waals surface area (Å²) in [5.41, 5.74) is 1.55. The van der Waals surface area contributed by atoms with E-state index in [0.29, 0.717) is 0 Å². The van der Waals surface area contributed by atoms with Gasteiger partial charge in [0.2, 0.25) is 0 Å². The van der Waals surface area contributed by atoms with Crippen molar-refractivity contribution >= 4 is 24.3 Å². The van der Waals surface area contributed by atoms with Gasteiger partial charge in [0.05, 0.1) is 5.41 Å². The van der Waals surface area contributed by atoms with Gasteiger partial charge >= 0.3 is 11.9 Å². The van der Waals surface area contributed by atoms with Gasteiger partial charge in [-0.25, -0.2) is 9.36 Å². The van der Waals surface area contributed by atoms with Gasteiger partial charge in [0.1, 0.15) is 6.54 Å². The van der Waals surface area contributed by atoms with Gasteiger partial charge in [0.25, 0.3) is 0 Å². The number of hydrogen-bond acceptors (Lipinski definition) is 3. The van der Waals surface area contributed by atoms with Crippen LogP contribution in [-0.4, -0.2) is 27.1 Å². The molecule has 0 amide bonds. The fraction of sp³-hybridized carbons (Fsp3) is 0.515. The van der Waals surface area contributed by atoms with Crippen LogP contribution in [0.2, 0.25) is 0 Å². The van der Waals surface area contributed by atoms with Crippen LogP contribution in [0, 0.1) is 5.41 Å². The summed E-state index contributed by atoms with van der Waals surface area (Å²) in [6, 6.07) is 8.53. The highest BCUT2D eigenvalue weighted by Gasteiger charge is 2.34. The van der Waals surface area contributed by atoms with Crippen LogP contribution in [-0.2, 0) is 16.1 Å². The van der Waals surface area contributed by atoms with Crippen LogP contribution in [0.5, 0.6) is 0 Å².